The van der Waals surface area contributed by atoms with Crippen molar-refractivity contribution in [2.24, 2.45) is 0 Å². The number of para-hydroxylation sites is 2. The number of hydrogen-bond donors (Lipinski definition) is 2. The zero-order valence-electron chi connectivity index (χ0n) is 12.1. The molecular formula is C18H13N3O2. The maximum Gasteiger partial charge on any atom is 0.258 e. The SMILES string of the molecule is O=C(Nc1ccccc1)c1coc(-c2n[nH]c3ccccc23)c1. The second-order valence-electron chi connectivity index (χ2n) is 5.14. The Morgan fingerprint density at radius 1 is 1.04 bits per heavy atom. The van der Waals surface area contributed by atoms with Gasteiger partial charge in [-0.3, -0.25) is 9.89 Å². The molecule has 5 heteroatoms. The molecule has 2 N–H and O–H groups in total. The number of aromatic nitrogens is 2. The third kappa shape index (κ3) is 2.48. The molecule has 4 aromatic rings. The summed E-state index contributed by atoms with van der Waals surface area (Å²) in [6.45, 7) is 0. The topological polar surface area (TPSA) is 70.9 Å². The van der Waals surface area contributed by atoms with Crippen molar-refractivity contribution in [2.45, 2.75) is 0 Å². The average molecular weight is 303 g/mol. The normalized spacial score (nSPS) is 10.8. The van der Waals surface area contributed by atoms with Crippen LogP contribution < -0.4 is 5.32 Å². The van der Waals surface area contributed by atoms with Crippen molar-refractivity contribution < 1.29 is 9.21 Å². The monoisotopic (exact) mass is 303 g/mol. The van der Waals surface area contributed by atoms with Crippen molar-refractivity contribution in [3.8, 4) is 11.5 Å². The van der Waals surface area contributed by atoms with Crippen molar-refractivity contribution in [3.63, 3.8) is 0 Å². The first kappa shape index (κ1) is 13.3. The lowest BCUT2D eigenvalue weighted by Crippen LogP contribution is -2.10. The van der Waals surface area contributed by atoms with Crippen LogP contribution in [0.1, 0.15) is 10.4 Å². The lowest BCUT2D eigenvalue weighted by Gasteiger charge is -2.01. The molecule has 4 rings (SSSR count). The number of carbonyl (C=O) groups excluding carboxylic acids is 1. The minimum absolute atomic E-state index is 0.217. The van der Waals surface area contributed by atoms with Crippen molar-refractivity contribution in [1.29, 1.82) is 0 Å². The lowest BCUT2D eigenvalue weighted by molar-refractivity contribution is 0.102. The first-order chi connectivity index (χ1) is 11.3. The van der Waals surface area contributed by atoms with E-state index in [0.717, 1.165) is 16.6 Å². The largest absolute Gasteiger partial charge is 0.462 e. The molecule has 2 heterocycles. The zero-order chi connectivity index (χ0) is 15.6. The molecule has 112 valence electrons. The van der Waals surface area contributed by atoms with Gasteiger partial charge in [-0.25, -0.2) is 0 Å². The van der Waals surface area contributed by atoms with E-state index in [1.807, 2.05) is 54.6 Å². The molecule has 0 unspecified atom stereocenters. The molecule has 0 saturated heterocycles. The van der Waals surface area contributed by atoms with E-state index in [1.54, 1.807) is 6.07 Å². The van der Waals surface area contributed by atoms with Crippen LogP contribution in [-0.2, 0) is 0 Å². The van der Waals surface area contributed by atoms with Crippen LogP contribution >= 0.6 is 0 Å². The summed E-state index contributed by atoms with van der Waals surface area (Å²) >= 11 is 0. The van der Waals surface area contributed by atoms with Crippen LogP contribution in [0.3, 0.4) is 0 Å². The summed E-state index contributed by atoms with van der Waals surface area (Å²) in [5, 5.41) is 11.0. The molecule has 0 spiro atoms. The number of fused-ring (bicyclic) bond motifs is 1. The fourth-order valence-corrected chi connectivity index (χ4v) is 2.46. The highest BCUT2D eigenvalue weighted by molar-refractivity contribution is 6.05. The van der Waals surface area contributed by atoms with Crippen LogP contribution in [0.2, 0.25) is 0 Å². The van der Waals surface area contributed by atoms with Gasteiger partial charge < -0.3 is 9.73 Å². The van der Waals surface area contributed by atoms with E-state index in [9.17, 15) is 4.79 Å². The molecule has 0 bridgehead atoms. The summed E-state index contributed by atoms with van der Waals surface area (Å²) in [5.41, 5.74) is 2.81. The van der Waals surface area contributed by atoms with Gasteiger partial charge in [-0.1, -0.05) is 36.4 Å². The zero-order valence-corrected chi connectivity index (χ0v) is 12.1. The van der Waals surface area contributed by atoms with Gasteiger partial charge >= 0.3 is 0 Å². The van der Waals surface area contributed by atoms with Gasteiger partial charge in [0.15, 0.2) is 5.76 Å². The molecule has 0 saturated carbocycles. The van der Waals surface area contributed by atoms with E-state index >= 15 is 0 Å². The van der Waals surface area contributed by atoms with Gasteiger partial charge in [0, 0.05) is 11.1 Å². The highest BCUT2D eigenvalue weighted by atomic mass is 16.3. The fraction of sp³-hybridized carbons (Fsp3) is 0. The molecule has 0 radical (unpaired) electrons. The summed E-state index contributed by atoms with van der Waals surface area (Å²) in [6, 6.07) is 18.8. The molecule has 0 atom stereocenters. The number of carbonyl (C=O) groups is 1. The summed E-state index contributed by atoms with van der Waals surface area (Å²) in [4.78, 5) is 12.3. The van der Waals surface area contributed by atoms with Crippen LogP contribution in [-0.4, -0.2) is 16.1 Å². The Hall–Kier alpha value is -3.34. The van der Waals surface area contributed by atoms with Crippen LogP contribution in [0.4, 0.5) is 5.69 Å². The Morgan fingerprint density at radius 3 is 2.70 bits per heavy atom. The molecule has 0 fully saturated rings. The smallest absolute Gasteiger partial charge is 0.258 e. The van der Waals surface area contributed by atoms with Crippen molar-refractivity contribution in [3.05, 3.63) is 72.5 Å². The molecule has 0 aliphatic carbocycles. The van der Waals surface area contributed by atoms with Crippen LogP contribution in [0, 0.1) is 0 Å². The van der Waals surface area contributed by atoms with E-state index in [0.29, 0.717) is 17.0 Å². The highest BCUT2D eigenvalue weighted by Crippen LogP contribution is 2.27. The molecule has 2 aromatic heterocycles. The first-order valence-electron chi connectivity index (χ1n) is 7.20. The highest BCUT2D eigenvalue weighted by Gasteiger charge is 2.15. The fourth-order valence-electron chi connectivity index (χ4n) is 2.46. The number of amides is 1. The Bertz CT molecular complexity index is 970. The summed E-state index contributed by atoms with van der Waals surface area (Å²) < 4.78 is 5.53. The first-order valence-corrected chi connectivity index (χ1v) is 7.20. The Labute approximate surface area is 131 Å². The molecule has 0 aliphatic rings. The minimum Gasteiger partial charge on any atom is -0.462 e. The number of H-pyrrole nitrogens is 1. The van der Waals surface area contributed by atoms with E-state index in [2.05, 4.69) is 15.5 Å². The molecule has 2 aromatic carbocycles. The van der Waals surface area contributed by atoms with Gasteiger partial charge in [0.25, 0.3) is 5.91 Å². The number of hydrogen-bond acceptors (Lipinski definition) is 3. The Morgan fingerprint density at radius 2 is 1.83 bits per heavy atom. The second kappa shape index (κ2) is 5.46. The molecule has 1 amide bonds. The maximum atomic E-state index is 12.3. The van der Waals surface area contributed by atoms with E-state index in [-0.39, 0.29) is 5.91 Å². The van der Waals surface area contributed by atoms with Crippen LogP contribution in [0.5, 0.6) is 0 Å². The number of rotatable bonds is 3. The Balaban J connectivity index is 1.63. The second-order valence-corrected chi connectivity index (χ2v) is 5.14. The maximum absolute atomic E-state index is 12.3. The quantitative estimate of drug-likeness (QED) is 0.599. The lowest BCUT2D eigenvalue weighted by atomic mass is 10.1. The standard InChI is InChI=1S/C18H13N3O2/c22-18(19-13-6-2-1-3-7-13)12-10-16(23-11-12)17-14-8-4-5-9-15(14)20-21-17/h1-11H,(H,19,22)(H,20,21). The van der Waals surface area contributed by atoms with Gasteiger partial charge in [0.1, 0.15) is 12.0 Å². The van der Waals surface area contributed by atoms with Crippen molar-refractivity contribution in [1.82, 2.24) is 10.2 Å². The Kier molecular flexibility index (Phi) is 3.16. The number of nitrogens with one attached hydrogen (secondary N) is 2. The summed E-state index contributed by atoms with van der Waals surface area (Å²) in [6.07, 6.45) is 1.44. The minimum atomic E-state index is -0.217. The van der Waals surface area contributed by atoms with E-state index < -0.39 is 0 Å². The third-order valence-electron chi connectivity index (χ3n) is 3.60. The summed E-state index contributed by atoms with van der Waals surface area (Å²) in [5.74, 6) is 0.340. The number of anilines is 1. The van der Waals surface area contributed by atoms with E-state index in [1.165, 1.54) is 6.26 Å². The molecule has 23 heavy (non-hydrogen) atoms. The van der Waals surface area contributed by atoms with Crippen molar-refractivity contribution in [2.75, 3.05) is 5.32 Å². The van der Waals surface area contributed by atoms with Gasteiger partial charge in [-0.15, -0.1) is 0 Å². The number of benzene rings is 2. The number of nitrogens with zero attached hydrogens (tertiary/aromatic N) is 1. The predicted molar refractivity (Wildman–Crippen MR) is 88.2 cm³/mol. The third-order valence-corrected chi connectivity index (χ3v) is 3.60. The predicted octanol–water partition coefficient (Wildman–Crippen LogP) is 4.08. The number of aromatic amines is 1. The molecule has 5 nitrogen and oxygen atoms in total. The van der Waals surface area contributed by atoms with E-state index in [4.69, 9.17) is 4.42 Å². The van der Waals surface area contributed by atoms with Gasteiger partial charge in [-0.05, 0) is 24.3 Å². The summed E-state index contributed by atoms with van der Waals surface area (Å²) in [7, 11) is 0. The average Bonchev–Trinajstić information content (AvgIpc) is 3.22. The molecular weight excluding hydrogens is 290 g/mol. The molecule has 0 aliphatic heterocycles. The van der Waals surface area contributed by atoms with Crippen LogP contribution in [0.15, 0.2) is 71.3 Å². The van der Waals surface area contributed by atoms with Crippen molar-refractivity contribution >= 4 is 22.5 Å². The number of furan rings is 1. The van der Waals surface area contributed by atoms with Gasteiger partial charge in [0.05, 0.1) is 11.1 Å². The van der Waals surface area contributed by atoms with Gasteiger partial charge in [-0.2, -0.15) is 5.10 Å². The van der Waals surface area contributed by atoms with Crippen LogP contribution in [0.25, 0.3) is 22.4 Å². The van der Waals surface area contributed by atoms with Gasteiger partial charge in [0.2, 0.25) is 0 Å².